The molecule has 0 N–H and O–H groups in total. The van der Waals surface area contributed by atoms with Crippen molar-refractivity contribution in [2.75, 3.05) is 7.11 Å². The van der Waals surface area contributed by atoms with Gasteiger partial charge in [0.2, 0.25) is 0 Å². The Hall–Kier alpha value is -4.08. The molecular formula is C25H26N4O6. The van der Waals surface area contributed by atoms with Crippen LogP contribution in [0.4, 0.5) is 5.69 Å². The molecule has 0 spiro atoms. The molecule has 0 bridgehead atoms. The van der Waals surface area contributed by atoms with E-state index in [1.807, 2.05) is 6.07 Å². The predicted octanol–water partition coefficient (Wildman–Crippen LogP) is 4.17. The lowest BCUT2D eigenvalue weighted by molar-refractivity contribution is -0.384. The van der Waals surface area contributed by atoms with Gasteiger partial charge < -0.3 is 9.47 Å². The molecule has 0 unspecified atom stereocenters. The molecule has 1 atom stereocenters. The maximum Gasteiger partial charge on any atom is 0.346 e. The Balaban J connectivity index is 1.82. The van der Waals surface area contributed by atoms with Crippen molar-refractivity contribution in [3.05, 3.63) is 74.3 Å². The van der Waals surface area contributed by atoms with Gasteiger partial charge >= 0.3 is 5.97 Å². The van der Waals surface area contributed by atoms with Gasteiger partial charge in [-0.1, -0.05) is 31.4 Å². The minimum Gasteiger partial charge on any atom is -0.478 e. The Morgan fingerprint density at radius 1 is 1.23 bits per heavy atom. The molecule has 1 aliphatic rings. The molecule has 2 aromatic carbocycles. The number of carbonyl (C=O) groups excluding carboxylic acids is 1. The first kappa shape index (κ1) is 24.1. The second kappa shape index (κ2) is 10.5. The maximum atomic E-state index is 13.4. The van der Waals surface area contributed by atoms with Gasteiger partial charge in [-0.3, -0.25) is 14.9 Å². The summed E-state index contributed by atoms with van der Waals surface area (Å²) in [6.07, 6.45) is 5.43. The monoisotopic (exact) mass is 478 g/mol. The zero-order valence-corrected chi connectivity index (χ0v) is 19.5. The van der Waals surface area contributed by atoms with Crippen LogP contribution in [0, 0.1) is 10.1 Å². The molecule has 0 amide bonds. The number of hydrogen-bond acceptors (Lipinski definition) is 8. The molecule has 1 saturated carbocycles. The Morgan fingerprint density at radius 2 is 1.97 bits per heavy atom. The summed E-state index contributed by atoms with van der Waals surface area (Å²) < 4.78 is 11.7. The molecule has 1 heterocycles. The van der Waals surface area contributed by atoms with E-state index in [1.54, 1.807) is 18.2 Å². The molecule has 1 fully saturated rings. The number of nitro benzene ring substituents is 1. The summed E-state index contributed by atoms with van der Waals surface area (Å²) in [5.74, 6) is 0.248. The average Bonchev–Trinajstić information content (AvgIpc) is 2.88. The van der Waals surface area contributed by atoms with Gasteiger partial charge in [0.1, 0.15) is 11.6 Å². The van der Waals surface area contributed by atoms with Crippen molar-refractivity contribution < 1.29 is 19.2 Å². The Kier molecular flexibility index (Phi) is 7.19. The Bertz CT molecular complexity index is 1340. The number of aromatic nitrogens is 2. The largest absolute Gasteiger partial charge is 0.478 e. The molecular weight excluding hydrogens is 452 g/mol. The SMILES string of the molecule is COC(=O)[C@@H](C)Oc1ccc([N+](=O)[O-])cc1C=Nn1c(C2CCCCC2)nc2ccccc2c1=O. The van der Waals surface area contributed by atoms with Crippen molar-refractivity contribution in [2.45, 2.75) is 51.0 Å². The summed E-state index contributed by atoms with van der Waals surface area (Å²) in [7, 11) is 1.24. The molecule has 182 valence electrons. The number of nitrogens with zero attached hydrogens (tertiary/aromatic N) is 4. The molecule has 0 saturated heterocycles. The molecule has 0 aliphatic heterocycles. The third kappa shape index (κ3) is 5.21. The first-order valence-corrected chi connectivity index (χ1v) is 11.5. The highest BCUT2D eigenvalue weighted by atomic mass is 16.6. The van der Waals surface area contributed by atoms with Crippen molar-refractivity contribution >= 4 is 28.8 Å². The predicted molar refractivity (Wildman–Crippen MR) is 130 cm³/mol. The molecule has 10 nitrogen and oxygen atoms in total. The van der Waals surface area contributed by atoms with Gasteiger partial charge in [0.25, 0.3) is 11.2 Å². The third-order valence-corrected chi connectivity index (χ3v) is 6.10. The third-order valence-electron chi connectivity index (χ3n) is 6.10. The highest BCUT2D eigenvalue weighted by Gasteiger charge is 2.23. The quantitative estimate of drug-likeness (QED) is 0.216. The van der Waals surface area contributed by atoms with E-state index in [1.165, 1.54) is 43.1 Å². The topological polar surface area (TPSA) is 126 Å². The van der Waals surface area contributed by atoms with Crippen LogP contribution < -0.4 is 10.3 Å². The molecule has 1 aromatic heterocycles. The number of rotatable bonds is 7. The lowest BCUT2D eigenvalue weighted by Crippen LogP contribution is -2.26. The van der Waals surface area contributed by atoms with Crippen LogP contribution in [-0.2, 0) is 9.53 Å². The summed E-state index contributed by atoms with van der Waals surface area (Å²) >= 11 is 0. The maximum absolute atomic E-state index is 13.4. The number of ether oxygens (including phenoxy) is 2. The standard InChI is InChI=1S/C25H26N4O6/c1-16(25(31)34-2)35-22-13-12-19(29(32)33)14-18(22)15-26-28-23(17-8-4-3-5-9-17)27-21-11-7-6-10-20(21)24(28)30/h6-7,10-17H,3-5,8-9H2,1-2H3/t16-/m1/s1. The summed E-state index contributed by atoms with van der Waals surface area (Å²) in [5, 5.41) is 16.2. The number of nitro groups is 1. The van der Waals surface area contributed by atoms with Gasteiger partial charge in [-0.25, -0.2) is 9.78 Å². The first-order valence-electron chi connectivity index (χ1n) is 11.5. The first-order chi connectivity index (χ1) is 16.9. The van der Waals surface area contributed by atoms with Crippen molar-refractivity contribution in [2.24, 2.45) is 5.10 Å². The van der Waals surface area contributed by atoms with E-state index in [0.717, 1.165) is 32.1 Å². The minimum atomic E-state index is -0.948. The lowest BCUT2D eigenvalue weighted by Gasteiger charge is -2.22. The fraction of sp³-hybridized carbons (Fsp3) is 0.360. The van der Waals surface area contributed by atoms with Crippen LogP contribution in [0.2, 0.25) is 0 Å². The second-order valence-corrected chi connectivity index (χ2v) is 8.45. The minimum absolute atomic E-state index is 0.0818. The van der Waals surface area contributed by atoms with E-state index in [2.05, 4.69) is 5.10 Å². The number of para-hydroxylation sites is 1. The van der Waals surface area contributed by atoms with Gasteiger partial charge in [-0.05, 0) is 38.0 Å². The lowest BCUT2D eigenvalue weighted by atomic mass is 9.88. The average molecular weight is 479 g/mol. The number of carbonyl (C=O) groups is 1. The van der Waals surface area contributed by atoms with E-state index in [0.29, 0.717) is 16.7 Å². The summed E-state index contributed by atoms with van der Waals surface area (Å²) in [5.41, 5.74) is 0.352. The number of non-ortho nitro benzene ring substituents is 1. The zero-order chi connectivity index (χ0) is 24.9. The number of esters is 1. The number of fused-ring (bicyclic) bond motifs is 1. The van der Waals surface area contributed by atoms with Crippen LogP contribution in [0.3, 0.4) is 0 Å². The molecule has 35 heavy (non-hydrogen) atoms. The van der Waals surface area contributed by atoms with Crippen LogP contribution in [0.5, 0.6) is 5.75 Å². The van der Waals surface area contributed by atoms with Gasteiger partial charge in [0.15, 0.2) is 6.10 Å². The normalized spacial score (nSPS) is 15.3. The van der Waals surface area contributed by atoms with Gasteiger partial charge in [0.05, 0.1) is 29.2 Å². The number of methoxy groups -OCH3 is 1. The van der Waals surface area contributed by atoms with E-state index < -0.39 is 17.0 Å². The molecule has 0 radical (unpaired) electrons. The van der Waals surface area contributed by atoms with E-state index >= 15 is 0 Å². The van der Waals surface area contributed by atoms with Crippen molar-refractivity contribution in [3.63, 3.8) is 0 Å². The van der Waals surface area contributed by atoms with Crippen molar-refractivity contribution in [3.8, 4) is 5.75 Å². The fourth-order valence-electron chi connectivity index (χ4n) is 4.26. The second-order valence-electron chi connectivity index (χ2n) is 8.45. The summed E-state index contributed by atoms with van der Waals surface area (Å²) in [6.45, 7) is 1.51. The van der Waals surface area contributed by atoms with Crippen LogP contribution in [0.1, 0.15) is 56.3 Å². The van der Waals surface area contributed by atoms with Crippen LogP contribution >= 0.6 is 0 Å². The molecule has 4 rings (SSSR count). The summed E-state index contributed by atoms with van der Waals surface area (Å²) in [6, 6.07) is 11.0. The van der Waals surface area contributed by atoms with Crippen LogP contribution in [-0.4, -0.2) is 40.0 Å². The summed E-state index contributed by atoms with van der Waals surface area (Å²) in [4.78, 5) is 40.8. The Morgan fingerprint density at radius 3 is 2.69 bits per heavy atom. The number of hydrogen-bond donors (Lipinski definition) is 0. The van der Waals surface area contributed by atoms with Crippen LogP contribution in [0.15, 0.2) is 52.4 Å². The Labute approximate surface area is 201 Å². The highest BCUT2D eigenvalue weighted by molar-refractivity contribution is 5.85. The van der Waals surface area contributed by atoms with Crippen LogP contribution in [0.25, 0.3) is 10.9 Å². The molecule has 10 heteroatoms. The van der Waals surface area contributed by atoms with E-state index in [9.17, 15) is 19.7 Å². The van der Waals surface area contributed by atoms with Crippen molar-refractivity contribution in [1.82, 2.24) is 9.66 Å². The fourth-order valence-corrected chi connectivity index (χ4v) is 4.26. The van der Waals surface area contributed by atoms with E-state index in [4.69, 9.17) is 14.5 Å². The molecule has 3 aromatic rings. The smallest absolute Gasteiger partial charge is 0.346 e. The van der Waals surface area contributed by atoms with Gasteiger partial charge in [-0.15, -0.1) is 0 Å². The zero-order valence-electron chi connectivity index (χ0n) is 19.5. The van der Waals surface area contributed by atoms with Gasteiger partial charge in [-0.2, -0.15) is 9.78 Å². The molecule has 1 aliphatic carbocycles. The number of benzene rings is 2. The highest BCUT2D eigenvalue weighted by Crippen LogP contribution is 2.32. The van der Waals surface area contributed by atoms with Crippen molar-refractivity contribution in [1.29, 1.82) is 0 Å². The van der Waals surface area contributed by atoms with Gasteiger partial charge in [0, 0.05) is 23.6 Å². The van der Waals surface area contributed by atoms with E-state index in [-0.39, 0.29) is 28.5 Å².